The number of nitrogens with one attached hydrogen (secondary N) is 1. The molecule has 1 amide bonds. The summed E-state index contributed by atoms with van der Waals surface area (Å²) in [6.45, 7) is 14.6. The molecular formula is C15H29NO4Si. The third kappa shape index (κ3) is 3.66. The van der Waals surface area contributed by atoms with E-state index in [0.717, 1.165) is 0 Å². The number of carbonyl (C=O) groups excluding carboxylic acids is 2. The van der Waals surface area contributed by atoms with Crippen LogP contribution in [0.25, 0.3) is 0 Å². The lowest BCUT2D eigenvalue weighted by molar-refractivity contribution is -0.153. The molecule has 0 spiro atoms. The van der Waals surface area contributed by atoms with E-state index in [-0.39, 0.29) is 28.9 Å². The Labute approximate surface area is 128 Å². The second-order valence-electron chi connectivity index (χ2n) is 7.50. The zero-order chi connectivity index (χ0) is 16.6. The first-order chi connectivity index (χ1) is 9.42. The van der Waals surface area contributed by atoms with Crippen LogP contribution in [0.2, 0.25) is 18.1 Å². The molecule has 6 heteroatoms. The van der Waals surface area contributed by atoms with Crippen molar-refractivity contribution in [1.29, 1.82) is 0 Å². The molecule has 0 bridgehead atoms. The Balaban J connectivity index is 3.02. The molecule has 0 saturated carbocycles. The molecule has 0 radical (unpaired) electrons. The van der Waals surface area contributed by atoms with Gasteiger partial charge in [-0.3, -0.25) is 4.79 Å². The van der Waals surface area contributed by atoms with Gasteiger partial charge in [0.1, 0.15) is 6.04 Å². The smallest absolute Gasteiger partial charge is 0.328 e. The van der Waals surface area contributed by atoms with Crippen molar-refractivity contribution in [2.75, 3.05) is 7.11 Å². The highest BCUT2D eigenvalue weighted by Gasteiger charge is 2.48. The Morgan fingerprint density at radius 2 is 1.76 bits per heavy atom. The lowest BCUT2D eigenvalue weighted by Gasteiger charge is -2.45. The molecule has 122 valence electrons. The lowest BCUT2D eigenvalue weighted by Crippen LogP contribution is -2.61. The summed E-state index contributed by atoms with van der Waals surface area (Å²) in [5.41, 5.74) is 0. The van der Waals surface area contributed by atoms with Gasteiger partial charge in [0.05, 0.1) is 19.1 Å². The maximum atomic E-state index is 12.1. The molecule has 0 aliphatic carbocycles. The molecule has 0 aromatic carbocycles. The number of hydrogen-bond acceptors (Lipinski definition) is 4. The minimum atomic E-state index is -2.01. The minimum Gasteiger partial charge on any atom is -0.467 e. The zero-order valence-electron chi connectivity index (χ0n) is 14.4. The van der Waals surface area contributed by atoms with Crippen LogP contribution < -0.4 is 5.32 Å². The molecule has 1 saturated heterocycles. The Bertz CT molecular complexity index is 416. The SMILES string of the molecule is COC(=O)[C@@H]1NC(=O)[C@@H](C)[C@H](O[Si](C)(C)C(C)(C)C)[C@@H]1C. The quantitative estimate of drug-likeness (QED) is 0.641. The van der Waals surface area contributed by atoms with Gasteiger partial charge < -0.3 is 14.5 Å². The largest absolute Gasteiger partial charge is 0.467 e. The topological polar surface area (TPSA) is 64.6 Å². The van der Waals surface area contributed by atoms with E-state index >= 15 is 0 Å². The average Bonchev–Trinajstić information content (AvgIpc) is 2.36. The van der Waals surface area contributed by atoms with E-state index in [1.54, 1.807) is 0 Å². The van der Waals surface area contributed by atoms with Gasteiger partial charge in [-0.25, -0.2) is 4.79 Å². The molecule has 0 aromatic heterocycles. The Hall–Kier alpha value is -0.883. The number of ether oxygens (including phenoxy) is 1. The summed E-state index contributed by atoms with van der Waals surface area (Å²) in [6.07, 6.45) is -0.260. The van der Waals surface area contributed by atoms with Crippen molar-refractivity contribution < 1.29 is 18.8 Å². The summed E-state index contributed by atoms with van der Waals surface area (Å²) in [7, 11) is -0.676. The first kappa shape index (κ1) is 18.2. The zero-order valence-corrected chi connectivity index (χ0v) is 15.4. The molecular weight excluding hydrogens is 286 g/mol. The van der Waals surface area contributed by atoms with Crippen molar-refractivity contribution >= 4 is 20.2 Å². The molecule has 0 unspecified atom stereocenters. The molecule has 4 atom stereocenters. The van der Waals surface area contributed by atoms with Gasteiger partial charge in [0.2, 0.25) is 5.91 Å². The normalized spacial score (nSPS) is 30.8. The van der Waals surface area contributed by atoms with Crippen LogP contribution in [0.3, 0.4) is 0 Å². The summed E-state index contributed by atoms with van der Waals surface area (Å²) in [4.78, 5) is 24.0. The van der Waals surface area contributed by atoms with Gasteiger partial charge in [0.15, 0.2) is 8.32 Å². The molecule has 1 aliphatic rings. The van der Waals surface area contributed by atoms with E-state index in [1.807, 2.05) is 13.8 Å². The Morgan fingerprint density at radius 1 is 1.24 bits per heavy atom. The molecule has 21 heavy (non-hydrogen) atoms. The number of rotatable bonds is 3. The van der Waals surface area contributed by atoms with Gasteiger partial charge in [0.25, 0.3) is 0 Å². The van der Waals surface area contributed by atoms with Crippen molar-refractivity contribution in [3.63, 3.8) is 0 Å². The summed E-state index contributed by atoms with van der Waals surface area (Å²) < 4.78 is 11.2. The van der Waals surface area contributed by atoms with Gasteiger partial charge in [-0.05, 0) is 18.1 Å². The maximum absolute atomic E-state index is 12.1. The fourth-order valence-electron chi connectivity index (χ4n) is 2.34. The Kier molecular flexibility index (Phi) is 5.26. The Morgan fingerprint density at radius 3 is 2.19 bits per heavy atom. The van der Waals surface area contributed by atoms with Crippen LogP contribution in [0.5, 0.6) is 0 Å². The van der Waals surface area contributed by atoms with E-state index < -0.39 is 20.3 Å². The standard InChI is InChI=1S/C15H29NO4Si/c1-9-11(14(18)19-6)16-13(17)10(2)12(9)20-21(7,8)15(3,4)5/h9-12H,1-8H3,(H,16,17)/t9-,10+,11-,12-/m1/s1. The van der Waals surface area contributed by atoms with Gasteiger partial charge in [-0.1, -0.05) is 34.6 Å². The fraction of sp³-hybridized carbons (Fsp3) is 0.867. The van der Waals surface area contributed by atoms with Crippen molar-refractivity contribution in [3.8, 4) is 0 Å². The second-order valence-corrected chi connectivity index (χ2v) is 12.3. The van der Waals surface area contributed by atoms with Crippen molar-refractivity contribution in [2.24, 2.45) is 11.8 Å². The molecule has 1 heterocycles. The van der Waals surface area contributed by atoms with E-state index in [9.17, 15) is 9.59 Å². The number of carbonyl (C=O) groups is 2. The van der Waals surface area contributed by atoms with Crippen LogP contribution in [-0.4, -0.2) is 39.4 Å². The lowest BCUT2D eigenvalue weighted by atomic mass is 9.83. The summed E-state index contributed by atoms with van der Waals surface area (Å²) >= 11 is 0. The monoisotopic (exact) mass is 315 g/mol. The average molecular weight is 315 g/mol. The molecule has 1 N–H and O–H groups in total. The first-order valence-electron chi connectivity index (χ1n) is 7.48. The highest BCUT2D eigenvalue weighted by molar-refractivity contribution is 6.74. The van der Waals surface area contributed by atoms with E-state index in [0.29, 0.717) is 0 Å². The molecule has 1 rings (SSSR count). The highest BCUT2D eigenvalue weighted by Crippen LogP contribution is 2.40. The molecule has 1 aliphatic heterocycles. The number of methoxy groups -OCH3 is 1. The van der Waals surface area contributed by atoms with E-state index in [1.165, 1.54) is 7.11 Å². The second kappa shape index (κ2) is 6.08. The minimum absolute atomic E-state index is 0.0567. The van der Waals surface area contributed by atoms with Gasteiger partial charge in [-0.15, -0.1) is 0 Å². The first-order valence-corrected chi connectivity index (χ1v) is 10.4. The molecule has 1 fully saturated rings. The number of esters is 1. The predicted molar refractivity (Wildman–Crippen MR) is 84.3 cm³/mol. The highest BCUT2D eigenvalue weighted by atomic mass is 28.4. The van der Waals surface area contributed by atoms with Crippen LogP contribution >= 0.6 is 0 Å². The molecule has 5 nitrogen and oxygen atoms in total. The third-order valence-corrected chi connectivity index (χ3v) is 9.41. The summed E-state index contributed by atoms with van der Waals surface area (Å²) in [6, 6.07) is -0.631. The van der Waals surface area contributed by atoms with E-state index in [4.69, 9.17) is 9.16 Å². The fourth-order valence-corrected chi connectivity index (χ4v) is 3.79. The van der Waals surface area contributed by atoms with Crippen LogP contribution in [0.1, 0.15) is 34.6 Å². The van der Waals surface area contributed by atoms with Crippen LogP contribution in [0, 0.1) is 11.8 Å². The van der Waals surface area contributed by atoms with Crippen LogP contribution in [-0.2, 0) is 18.8 Å². The van der Waals surface area contributed by atoms with Crippen LogP contribution in [0.4, 0.5) is 0 Å². The van der Waals surface area contributed by atoms with E-state index in [2.05, 4.69) is 39.2 Å². The third-order valence-electron chi connectivity index (χ3n) is 4.94. The van der Waals surface area contributed by atoms with Crippen LogP contribution in [0.15, 0.2) is 0 Å². The summed E-state index contributed by atoms with van der Waals surface area (Å²) in [5.74, 6) is -0.937. The maximum Gasteiger partial charge on any atom is 0.328 e. The van der Waals surface area contributed by atoms with Crippen molar-refractivity contribution in [3.05, 3.63) is 0 Å². The number of piperidine rings is 1. The predicted octanol–water partition coefficient (Wildman–Crippen LogP) is 2.32. The van der Waals surface area contributed by atoms with Gasteiger partial charge in [0, 0.05) is 5.92 Å². The number of hydrogen-bond donors (Lipinski definition) is 1. The van der Waals surface area contributed by atoms with Crippen molar-refractivity contribution in [2.45, 2.75) is 64.9 Å². The van der Waals surface area contributed by atoms with Gasteiger partial charge in [-0.2, -0.15) is 0 Å². The number of amides is 1. The molecule has 0 aromatic rings. The van der Waals surface area contributed by atoms with Gasteiger partial charge >= 0.3 is 5.97 Å². The van der Waals surface area contributed by atoms with Crippen molar-refractivity contribution in [1.82, 2.24) is 5.32 Å². The summed E-state index contributed by atoms with van der Waals surface area (Å²) in [5, 5.41) is 2.80.